The number of amides is 1. The summed E-state index contributed by atoms with van der Waals surface area (Å²) in [4.78, 5) is 20.8. The number of carbonyl (C=O) groups excluding carboxylic acids is 1. The summed E-state index contributed by atoms with van der Waals surface area (Å²) in [5.41, 5.74) is 0.974. The summed E-state index contributed by atoms with van der Waals surface area (Å²) in [6.45, 7) is 4.97. The molecule has 0 N–H and O–H groups in total. The van der Waals surface area contributed by atoms with Gasteiger partial charge < -0.3 is 9.80 Å². The molecule has 1 aromatic carbocycles. The highest BCUT2D eigenvalue weighted by molar-refractivity contribution is 7.22. The van der Waals surface area contributed by atoms with Crippen LogP contribution in [0.4, 0.5) is 5.13 Å². The summed E-state index contributed by atoms with van der Waals surface area (Å²) in [5.74, 6) is 0.0684. The normalized spacial score (nSPS) is 16.1. The van der Waals surface area contributed by atoms with Crippen LogP contribution < -0.4 is 4.90 Å². The Morgan fingerprint density at radius 3 is 2.78 bits per heavy atom. The number of thiazole rings is 1. The first kappa shape index (κ1) is 16.0. The van der Waals surface area contributed by atoms with E-state index >= 15 is 0 Å². The molecule has 0 unspecified atom stereocenters. The average molecular weight is 348 g/mol. The standard InChI is InChI=1S/C17H18ClN3OS/c1-2-3-4-5-16(22)20-8-10-21(11-9-20)17-19-14-7-6-13(18)12-15(14)23-17/h2-7,12H,8-11H2,1H3/b3-2+,5-4+. The summed E-state index contributed by atoms with van der Waals surface area (Å²) in [6, 6.07) is 5.76. The van der Waals surface area contributed by atoms with Crippen molar-refractivity contribution in [2.45, 2.75) is 6.92 Å². The molecular weight excluding hydrogens is 330 g/mol. The molecule has 6 heteroatoms. The quantitative estimate of drug-likeness (QED) is 0.627. The zero-order valence-electron chi connectivity index (χ0n) is 12.9. The van der Waals surface area contributed by atoms with E-state index in [1.54, 1.807) is 23.5 Å². The highest BCUT2D eigenvalue weighted by Crippen LogP contribution is 2.31. The number of halogens is 1. The van der Waals surface area contributed by atoms with Crippen molar-refractivity contribution >= 4 is 44.2 Å². The Hall–Kier alpha value is -1.85. The average Bonchev–Trinajstić information content (AvgIpc) is 2.98. The van der Waals surface area contributed by atoms with Crippen LogP contribution in [0.2, 0.25) is 5.02 Å². The lowest BCUT2D eigenvalue weighted by molar-refractivity contribution is -0.126. The minimum absolute atomic E-state index is 0.0684. The molecule has 1 aliphatic rings. The molecule has 1 aliphatic heterocycles. The van der Waals surface area contributed by atoms with Crippen molar-refractivity contribution in [3.8, 4) is 0 Å². The van der Waals surface area contributed by atoms with Crippen molar-refractivity contribution in [2.75, 3.05) is 31.1 Å². The molecule has 0 spiro atoms. The smallest absolute Gasteiger partial charge is 0.246 e. The Morgan fingerprint density at radius 2 is 2.04 bits per heavy atom. The van der Waals surface area contributed by atoms with E-state index in [-0.39, 0.29) is 5.91 Å². The molecule has 0 bridgehead atoms. The third kappa shape index (κ3) is 3.74. The van der Waals surface area contributed by atoms with Crippen LogP contribution in [-0.4, -0.2) is 42.0 Å². The van der Waals surface area contributed by atoms with Gasteiger partial charge in [-0.2, -0.15) is 0 Å². The number of allylic oxidation sites excluding steroid dienone is 3. The van der Waals surface area contributed by atoms with Crippen LogP contribution in [0, 0.1) is 0 Å². The molecular formula is C17H18ClN3OS. The summed E-state index contributed by atoms with van der Waals surface area (Å²) in [6.07, 6.45) is 7.17. The van der Waals surface area contributed by atoms with Gasteiger partial charge in [0.05, 0.1) is 10.2 Å². The molecule has 0 atom stereocenters. The SMILES string of the molecule is C/C=C/C=C/C(=O)N1CCN(c2nc3ccc(Cl)cc3s2)CC1. The Labute approximate surface area is 144 Å². The molecule has 0 aliphatic carbocycles. The van der Waals surface area contributed by atoms with Crippen LogP contribution in [0.15, 0.2) is 42.5 Å². The van der Waals surface area contributed by atoms with E-state index in [1.807, 2.05) is 42.2 Å². The number of hydrogen-bond acceptors (Lipinski definition) is 4. The van der Waals surface area contributed by atoms with Crippen LogP contribution in [0.3, 0.4) is 0 Å². The van der Waals surface area contributed by atoms with Crippen LogP contribution in [0.5, 0.6) is 0 Å². The van der Waals surface area contributed by atoms with Crippen molar-refractivity contribution < 1.29 is 4.79 Å². The van der Waals surface area contributed by atoms with Gasteiger partial charge in [-0.3, -0.25) is 4.79 Å². The number of nitrogens with zero attached hydrogens (tertiary/aromatic N) is 3. The maximum atomic E-state index is 12.1. The Morgan fingerprint density at radius 1 is 1.26 bits per heavy atom. The zero-order valence-corrected chi connectivity index (χ0v) is 14.5. The topological polar surface area (TPSA) is 36.4 Å². The highest BCUT2D eigenvalue weighted by atomic mass is 35.5. The lowest BCUT2D eigenvalue weighted by Gasteiger charge is -2.34. The number of piperazine rings is 1. The Kier molecular flexibility index (Phi) is 4.98. The molecule has 1 amide bonds. The van der Waals surface area contributed by atoms with Gasteiger partial charge in [-0.25, -0.2) is 4.98 Å². The minimum Gasteiger partial charge on any atom is -0.345 e. The van der Waals surface area contributed by atoms with E-state index in [1.165, 1.54) is 0 Å². The van der Waals surface area contributed by atoms with Gasteiger partial charge in [-0.1, -0.05) is 41.2 Å². The molecule has 2 heterocycles. The van der Waals surface area contributed by atoms with Gasteiger partial charge in [0, 0.05) is 37.3 Å². The Bertz CT molecular complexity index is 760. The number of benzene rings is 1. The van der Waals surface area contributed by atoms with E-state index in [0.717, 1.165) is 46.5 Å². The number of hydrogen-bond donors (Lipinski definition) is 0. The second kappa shape index (κ2) is 7.15. The fourth-order valence-corrected chi connectivity index (χ4v) is 3.79. The summed E-state index contributed by atoms with van der Waals surface area (Å²) in [7, 11) is 0. The van der Waals surface area contributed by atoms with Crippen molar-refractivity contribution in [3.05, 3.63) is 47.5 Å². The first-order valence-corrected chi connectivity index (χ1v) is 8.76. The van der Waals surface area contributed by atoms with Crippen LogP contribution in [0.1, 0.15) is 6.92 Å². The van der Waals surface area contributed by atoms with E-state index in [0.29, 0.717) is 0 Å². The van der Waals surface area contributed by atoms with Crippen LogP contribution in [0.25, 0.3) is 10.2 Å². The zero-order chi connectivity index (χ0) is 16.2. The van der Waals surface area contributed by atoms with Gasteiger partial charge in [0.15, 0.2) is 5.13 Å². The van der Waals surface area contributed by atoms with Gasteiger partial charge in [-0.05, 0) is 25.1 Å². The number of carbonyl (C=O) groups is 1. The van der Waals surface area contributed by atoms with E-state index in [4.69, 9.17) is 11.6 Å². The first-order chi connectivity index (χ1) is 11.2. The predicted octanol–water partition coefficient (Wildman–Crippen LogP) is 3.73. The molecule has 2 aromatic rings. The summed E-state index contributed by atoms with van der Waals surface area (Å²) in [5, 5.41) is 1.73. The molecule has 1 saturated heterocycles. The first-order valence-electron chi connectivity index (χ1n) is 7.56. The molecule has 120 valence electrons. The van der Waals surface area contributed by atoms with Crippen LogP contribution in [-0.2, 0) is 4.79 Å². The van der Waals surface area contributed by atoms with Crippen molar-refractivity contribution in [1.82, 2.24) is 9.88 Å². The van der Waals surface area contributed by atoms with Crippen molar-refractivity contribution in [2.24, 2.45) is 0 Å². The van der Waals surface area contributed by atoms with Crippen molar-refractivity contribution in [1.29, 1.82) is 0 Å². The van der Waals surface area contributed by atoms with Gasteiger partial charge in [-0.15, -0.1) is 0 Å². The van der Waals surface area contributed by atoms with Gasteiger partial charge >= 0.3 is 0 Å². The second-order valence-electron chi connectivity index (χ2n) is 5.31. The molecule has 3 rings (SSSR count). The second-order valence-corrected chi connectivity index (χ2v) is 6.75. The molecule has 4 nitrogen and oxygen atoms in total. The van der Waals surface area contributed by atoms with E-state index < -0.39 is 0 Å². The monoisotopic (exact) mass is 347 g/mol. The third-order valence-electron chi connectivity index (χ3n) is 3.74. The fraction of sp³-hybridized carbons (Fsp3) is 0.294. The highest BCUT2D eigenvalue weighted by Gasteiger charge is 2.21. The third-order valence-corrected chi connectivity index (χ3v) is 5.06. The molecule has 0 saturated carbocycles. The summed E-state index contributed by atoms with van der Waals surface area (Å²) >= 11 is 7.68. The van der Waals surface area contributed by atoms with Crippen molar-refractivity contribution in [3.63, 3.8) is 0 Å². The van der Waals surface area contributed by atoms with E-state index in [9.17, 15) is 4.79 Å². The maximum Gasteiger partial charge on any atom is 0.246 e. The largest absolute Gasteiger partial charge is 0.345 e. The molecule has 1 fully saturated rings. The number of rotatable bonds is 3. The van der Waals surface area contributed by atoms with Gasteiger partial charge in [0.1, 0.15) is 0 Å². The maximum absolute atomic E-state index is 12.1. The van der Waals surface area contributed by atoms with Gasteiger partial charge in [0.25, 0.3) is 0 Å². The Balaban J connectivity index is 1.64. The van der Waals surface area contributed by atoms with Crippen LogP contribution >= 0.6 is 22.9 Å². The number of anilines is 1. The molecule has 1 aromatic heterocycles. The van der Waals surface area contributed by atoms with Gasteiger partial charge in [0.2, 0.25) is 5.91 Å². The lowest BCUT2D eigenvalue weighted by Crippen LogP contribution is -2.48. The number of aromatic nitrogens is 1. The fourth-order valence-electron chi connectivity index (χ4n) is 2.49. The molecule has 0 radical (unpaired) electrons. The molecule has 23 heavy (non-hydrogen) atoms. The number of fused-ring (bicyclic) bond motifs is 1. The lowest BCUT2D eigenvalue weighted by atomic mass is 10.3. The van der Waals surface area contributed by atoms with E-state index in [2.05, 4.69) is 9.88 Å². The summed E-state index contributed by atoms with van der Waals surface area (Å²) < 4.78 is 1.10. The predicted molar refractivity (Wildman–Crippen MR) is 97.4 cm³/mol. The minimum atomic E-state index is 0.0684.